The number of anilines is 2. The lowest BCUT2D eigenvalue weighted by atomic mass is 10.3. The normalized spacial score (nSPS) is 12.9. The Hall–Kier alpha value is -4.18. The predicted octanol–water partition coefficient (Wildman–Crippen LogP) is 0.860. The molecule has 0 atom stereocenters. The van der Waals surface area contributed by atoms with E-state index >= 15 is 0 Å². The van der Waals surface area contributed by atoms with Crippen LogP contribution in [0.2, 0.25) is 0 Å². The lowest BCUT2D eigenvalue weighted by Crippen LogP contribution is -2.16. The van der Waals surface area contributed by atoms with Crippen molar-refractivity contribution in [3.8, 4) is 0 Å². The Morgan fingerprint density at radius 2 is 1.12 bits per heavy atom. The van der Waals surface area contributed by atoms with Crippen molar-refractivity contribution in [3.05, 3.63) is 40.5 Å². The van der Waals surface area contributed by atoms with Gasteiger partial charge in [0.25, 0.3) is 0 Å². The fraction of sp³-hybridized carbons (Fsp3) is 0.333. The van der Waals surface area contributed by atoms with E-state index in [9.17, 15) is 40.5 Å². The van der Waals surface area contributed by atoms with E-state index in [1.807, 2.05) is 0 Å². The number of aromatic nitrogens is 4. The summed E-state index contributed by atoms with van der Waals surface area (Å²) in [4.78, 5) is 40.3. The molecule has 0 amide bonds. The maximum Gasteiger partial charge on any atom is 0.470 e. The SMILES string of the molecule is O=[N+]([O-])c1nn2c(c1[N+](=O)[O-])Nc1c([N+](=O)[O-])c([N+](=O)[O-])nn1CCC2. The number of hydrogen-bond acceptors (Lipinski definition) is 11. The van der Waals surface area contributed by atoms with E-state index in [1.165, 1.54) is 0 Å². The first kappa shape index (κ1) is 16.7. The quantitative estimate of drug-likeness (QED) is 0.587. The van der Waals surface area contributed by atoms with Gasteiger partial charge in [-0.05, 0) is 16.3 Å². The average Bonchev–Trinajstić information content (AvgIpc) is 3.05. The smallest absolute Gasteiger partial charge is 0.358 e. The summed E-state index contributed by atoms with van der Waals surface area (Å²) >= 11 is 0. The van der Waals surface area contributed by atoms with Crippen LogP contribution in [0.5, 0.6) is 0 Å². The van der Waals surface area contributed by atoms with Crippen LogP contribution in [0, 0.1) is 40.5 Å². The molecule has 0 radical (unpaired) electrons. The number of nitro groups is 4. The van der Waals surface area contributed by atoms with Crippen LogP contribution in [-0.4, -0.2) is 39.3 Å². The van der Waals surface area contributed by atoms with Crippen molar-refractivity contribution in [1.82, 2.24) is 19.6 Å². The minimum atomic E-state index is -1.06. The van der Waals surface area contributed by atoms with E-state index < -0.39 is 54.3 Å². The molecule has 0 spiro atoms. The van der Waals surface area contributed by atoms with Gasteiger partial charge in [0, 0.05) is 0 Å². The van der Waals surface area contributed by atoms with Gasteiger partial charge in [0.05, 0.1) is 33.1 Å². The highest BCUT2D eigenvalue weighted by Gasteiger charge is 2.44. The Bertz CT molecular complexity index is 898. The molecule has 0 bridgehead atoms. The van der Waals surface area contributed by atoms with Crippen LogP contribution in [-0.2, 0) is 13.1 Å². The van der Waals surface area contributed by atoms with Crippen LogP contribution in [0.25, 0.3) is 0 Å². The van der Waals surface area contributed by atoms with E-state index in [-0.39, 0.29) is 19.5 Å². The summed E-state index contributed by atoms with van der Waals surface area (Å²) in [5, 5.41) is 53.9. The highest BCUT2D eigenvalue weighted by Crippen LogP contribution is 2.42. The van der Waals surface area contributed by atoms with Crippen LogP contribution in [0.1, 0.15) is 6.42 Å². The minimum absolute atomic E-state index is 0.0160. The molecule has 2 aromatic heterocycles. The number of fused-ring (bicyclic) bond motifs is 2. The molecule has 0 saturated carbocycles. The molecule has 0 saturated heterocycles. The molecular formula is C9H7N9O8. The van der Waals surface area contributed by atoms with Crippen LogP contribution in [0.4, 0.5) is 34.6 Å². The van der Waals surface area contributed by atoms with Crippen LogP contribution in [0.15, 0.2) is 0 Å². The molecule has 1 aliphatic rings. The zero-order valence-electron chi connectivity index (χ0n) is 12.5. The molecule has 3 rings (SSSR count). The molecule has 0 fully saturated rings. The van der Waals surface area contributed by atoms with Gasteiger partial charge in [-0.15, -0.1) is 9.36 Å². The molecule has 3 heterocycles. The Morgan fingerprint density at radius 1 is 0.731 bits per heavy atom. The molecule has 1 aliphatic heterocycles. The third-order valence-electron chi connectivity index (χ3n) is 3.51. The molecule has 2 aromatic rings. The number of nitrogens with zero attached hydrogens (tertiary/aromatic N) is 8. The van der Waals surface area contributed by atoms with Gasteiger partial charge in [-0.3, -0.25) is 20.2 Å². The standard InChI is InChI=1S/C9H7N9O8/c19-15(20)4-6-10-7-5(16(21)22)9(18(25)26)12-14(7)3-1-2-13(6)11-8(4)17(23)24/h10H,1-3H2. The molecule has 0 unspecified atom stereocenters. The number of rotatable bonds is 4. The van der Waals surface area contributed by atoms with Gasteiger partial charge in [-0.2, -0.15) is 0 Å². The average molecular weight is 369 g/mol. The summed E-state index contributed by atoms with van der Waals surface area (Å²) in [5.74, 6) is -3.11. The lowest BCUT2D eigenvalue weighted by molar-refractivity contribution is -0.424. The van der Waals surface area contributed by atoms with Gasteiger partial charge in [0.15, 0.2) is 0 Å². The Balaban J connectivity index is 2.26. The number of hydrogen-bond donors (Lipinski definition) is 1. The first-order chi connectivity index (χ1) is 12.2. The first-order valence-corrected chi connectivity index (χ1v) is 6.78. The minimum Gasteiger partial charge on any atom is -0.358 e. The highest BCUT2D eigenvalue weighted by atomic mass is 16.6. The molecule has 136 valence electrons. The van der Waals surface area contributed by atoms with Crippen molar-refractivity contribution in [2.24, 2.45) is 0 Å². The molecular weight excluding hydrogens is 362 g/mol. The second-order valence-electron chi connectivity index (χ2n) is 4.99. The summed E-state index contributed by atoms with van der Waals surface area (Å²) < 4.78 is 1.84. The van der Waals surface area contributed by atoms with Crippen LogP contribution >= 0.6 is 0 Å². The zero-order chi connectivity index (χ0) is 19.2. The largest absolute Gasteiger partial charge is 0.470 e. The van der Waals surface area contributed by atoms with Crippen molar-refractivity contribution in [2.75, 3.05) is 5.32 Å². The Labute approximate surface area is 140 Å². The monoisotopic (exact) mass is 369 g/mol. The Morgan fingerprint density at radius 3 is 1.42 bits per heavy atom. The summed E-state index contributed by atoms with van der Waals surface area (Å²) in [6.07, 6.45) is 0.160. The second kappa shape index (κ2) is 5.72. The van der Waals surface area contributed by atoms with Crippen LogP contribution in [0.3, 0.4) is 0 Å². The van der Waals surface area contributed by atoms with Crippen molar-refractivity contribution < 1.29 is 19.7 Å². The van der Waals surface area contributed by atoms with E-state index in [2.05, 4.69) is 15.5 Å². The zero-order valence-corrected chi connectivity index (χ0v) is 12.5. The van der Waals surface area contributed by atoms with Gasteiger partial charge in [0.1, 0.15) is 0 Å². The van der Waals surface area contributed by atoms with Gasteiger partial charge in [0.2, 0.25) is 11.6 Å². The van der Waals surface area contributed by atoms with E-state index in [0.29, 0.717) is 0 Å². The first-order valence-electron chi connectivity index (χ1n) is 6.78. The number of aryl methyl sites for hydroxylation is 2. The van der Waals surface area contributed by atoms with Crippen molar-refractivity contribution >= 4 is 34.6 Å². The van der Waals surface area contributed by atoms with Crippen molar-refractivity contribution in [3.63, 3.8) is 0 Å². The Kier molecular flexibility index (Phi) is 3.67. The van der Waals surface area contributed by atoms with Crippen molar-refractivity contribution in [2.45, 2.75) is 19.5 Å². The van der Waals surface area contributed by atoms with Gasteiger partial charge in [-0.1, -0.05) is 0 Å². The lowest BCUT2D eigenvalue weighted by Gasteiger charge is -2.09. The predicted molar refractivity (Wildman–Crippen MR) is 79.0 cm³/mol. The van der Waals surface area contributed by atoms with Gasteiger partial charge in [-0.25, -0.2) is 0 Å². The molecule has 0 aliphatic carbocycles. The third kappa shape index (κ3) is 2.42. The molecule has 26 heavy (non-hydrogen) atoms. The maximum atomic E-state index is 11.2. The molecule has 17 heteroatoms. The highest BCUT2D eigenvalue weighted by molar-refractivity contribution is 5.77. The van der Waals surface area contributed by atoms with Gasteiger partial charge < -0.3 is 25.5 Å². The molecule has 17 nitrogen and oxygen atoms in total. The maximum absolute atomic E-state index is 11.2. The molecule has 1 N–H and O–H groups in total. The van der Waals surface area contributed by atoms with Gasteiger partial charge >= 0.3 is 23.0 Å². The van der Waals surface area contributed by atoms with E-state index in [4.69, 9.17) is 0 Å². The summed E-state index contributed by atoms with van der Waals surface area (Å²) in [6, 6.07) is 0. The van der Waals surface area contributed by atoms with Crippen molar-refractivity contribution in [1.29, 1.82) is 0 Å². The van der Waals surface area contributed by atoms with E-state index in [0.717, 1.165) is 9.36 Å². The molecule has 0 aromatic carbocycles. The fourth-order valence-electron chi connectivity index (χ4n) is 2.52. The topological polar surface area (TPSA) is 220 Å². The third-order valence-corrected chi connectivity index (χ3v) is 3.51. The number of nitrogens with one attached hydrogen (secondary N) is 1. The van der Waals surface area contributed by atoms with Crippen LogP contribution < -0.4 is 5.32 Å². The fourth-order valence-corrected chi connectivity index (χ4v) is 2.52. The van der Waals surface area contributed by atoms with E-state index in [1.54, 1.807) is 0 Å². The summed E-state index contributed by atoms with van der Waals surface area (Å²) in [5.41, 5.74) is -2.02. The summed E-state index contributed by atoms with van der Waals surface area (Å²) in [6.45, 7) is -0.0319. The summed E-state index contributed by atoms with van der Waals surface area (Å²) in [7, 11) is 0. The second-order valence-corrected chi connectivity index (χ2v) is 4.99.